The molecule has 0 aliphatic rings. The minimum absolute atomic E-state index is 0. The molecule has 0 aromatic heterocycles. The van der Waals surface area contributed by atoms with Crippen LogP contribution in [0.25, 0.3) is 0 Å². The number of phenols is 1. The van der Waals surface area contributed by atoms with Gasteiger partial charge in [-0.1, -0.05) is 49.4 Å². The zero-order valence-corrected chi connectivity index (χ0v) is 16.5. The zero-order chi connectivity index (χ0) is 16.5. The summed E-state index contributed by atoms with van der Waals surface area (Å²) >= 11 is 0. The Morgan fingerprint density at radius 2 is 1.83 bits per heavy atom. The highest BCUT2D eigenvalue weighted by molar-refractivity contribution is 14.0. The second kappa shape index (κ2) is 10.9. The van der Waals surface area contributed by atoms with E-state index in [1.54, 1.807) is 12.1 Å². The number of aromatic hydroxyl groups is 1. The van der Waals surface area contributed by atoms with Crippen molar-refractivity contribution in [2.24, 2.45) is 4.99 Å². The van der Waals surface area contributed by atoms with Crippen LogP contribution in [-0.2, 0) is 6.54 Å². The van der Waals surface area contributed by atoms with Crippen LogP contribution in [0.2, 0.25) is 0 Å². The normalized spacial score (nSPS) is 12.2. The topological polar surface area (TPSA) is 56.7 Å². The second-order valence-corrected chi connectivity index (χ2v) is 5.56. The standard InChI is InChI=1S/C19H25N3O.HI/c1-3-20-19(22-14-16-8-7-11-18(23)12-16)21-13-15(2)17-9-5-4-6-10-17;/h4-12,15,23H,3,13-14H2,1-2H3,(H2,20,21,22);1H. The summed E-state index contributed by atoms with van der Waals surface area (Å²) in [5.41, 5.74) is 2.29. The van der Waals surface area contributed by atoms with Gasteiger partial charge in [-0.25, -0.2) is 4.99 Å². The molecule has 0 spiro atoms. The van der Waals surface area contributed by atoms with Crippen molar-refractivity contribution in [1.82, 2.24) is 10.6 Å². The Morgan fingerprint density at radius 1 is 1.08 bits per heavy atom. The maximum Gasteiger partial charge on any atom is 0.191 e. The van der Waals surface area contributed by atoms with Gasteiger partial charge in [-0.05, 0) is 36.1 Å². The Hall–Kier alpha value is -1.76. The fraction of sp³-hybridized carbons (Fsp3) is 0.316. The van der Waals surface area contributed by atoms with Crippen molar-refractivity contribution in [3.63, 3.8) is 0 Å². The maximum atomic E-state index is 9.50. The molecule has 1 unspecified atom stereocenters. The fourth-order valence-electron chi connectivity index (χ4n) is 2.32. The zero-order valence-electron chi connectivity index (χ0n) is 14.2. The van der Waals surface area contributed by atoms with Gasteiger partial charge in [0.05, 0.1) is 6.54 Å². The van der Waals surface area contributed by atoms with Crippen molar-refractivity contribution in [3.8, 4) is 5.75 Å². The summed E-state index contributed by atoms with van der Waals surface area (Å²) < 4.78 is 0. The molecule has 24 heavy (non-hydrogen) atoms. The van der Waals surface area contributed by atoms with E-state index >= 15 is 0 Å². The largest absolute Gasteiger partial charge is 0.508 e. The molecular weight excluding hydrogens is 413 g/mol. The van der Waals surface area contributed by atoms with Crippen LogP contribution in [0.3, 0.4) is 0 Å². The van der Waals surface area contributed by atoms with Gasteiger partial charge in [-0.3, -0.25) is 0 Å². The molecule has 0 radical (unpaired) electrons. The SMILES string of the molecule is CCNC(=NCc1cccc(O)c1)NCC(C)c1ccccc1.I. The third-order valence-corrected chi connectivity index (χ3v) is 3.62. The van der Waals surface area contributed by atoms with Crippen molar-refractivity contribution in [2.45, 2.75) is 26.3 Å². The average Bonchev–Trinajstić information content (AvgIpc) is 2.58. The Labute approximate surface area is 161 Å². The molecular formula is C19H26IN3O. The lowest BCUT2D eigenvalue weighted by atomic mass is 10.0. The number of halogens is 1. The summed E-state index contributed by atoms with van der Waals surface area (Å²) in [6.45, 7) is 6.40. The number of benzene rings is 2. The number of nitrogens with zero attached hydrogens (tertiary/aromatic N) is 1. The number of guanidine groups is 1. The van der Waals surface area contributed by atoms with Crippen LogP contribution in [0.15, 0.2) is 59.6 Å². The monoisotopic (exact) mass is 439 g/mol. The summed E-state index contributed by atoms with van der Waals surface area (Å²) in [5.74, 6) is 1.47. The third-order valence-electron chi connectivity index (χ3n) is 3.62. The molecule has 2 rings (SSSR count). The molecule has 0 heterocycles. The molecule has 5 heteroatoms. The van der Waals surface area contributed by atoms with Crippen LogP contribution in [0.5, 0.6) is 5.75 Å². The molecule has 2 aromatic carbocycles. The van der Waals surface area contributed by atoms with Gasteiger partial charge in [-0.15, -0.1) is 24.0 Å². The Balaban J connectivity index is 0.00000288. The van der Waals surface area contributed by atoms with E-state index in [1.807, 2.05) is 25.1 Å². The predicted octanol–water partition coefficient (Wildman–Crippen LogP) is 3.87. The molecule has 0 aliphatic carbocycles. The van der Waals surface area contributed by atoms with Crippen LogP contribution in [0.1, 0.15) is 30.9 Å². The Kier molecular flexibility index (Phi) is 9.22. The molecule has 1 atom stereocenters. The van der Waals surface area contributed by atoms with Crippen LogP contribution in [0.4, 0.5) is 0 Å². The van der Waals surface area contributed by atoms with E-state index in [9.17, 15) is 5.11 Å². The first-order valence-electron chi connectivity index (χ1n) is 8.04. The summed E-state index contributed by atoms with van der Waals surface area (Å²) in [5, 5.41) is 16.1. The smallest absolute Gasteiger partial charge is 0.191 e. The maximum absolute atomic E-state index is 9.50. The van der Waals surface area contributed by atoms with Gasteiger partial charge >= 0.3 is 0 Å². The highest BCUT2D eigenvalue weighted by Gasteiger charge is 2.06. The van der Waals surface area contributed by atoms with Crippen molar-refractivity contribution in [1.29, 1.82) is 0 Å². The quantitative estimate of drug-likeness (QED) is 0.364. The molecule has 4 nitrogen and oxygen atoms in total. The van der Waals surface area contributed by atoms with E-state index in [-0.39, 0.29) is 29.7 Å². The van der Waals surface area contributed by atoms with Crippen LogP contribution < -0.4 is 10.6 Å². The molecule has 3 N–H and O–H groups in total. The first-order valence-corrected chi connectivity index (χ1v) is 8.04. The summed E-state index contributed by atoms with van der Waals surface area (Å²) in [4.78, 5) is 4.57. The summed E-state index contributed by atoms with van der Waals surface area (Å²) in [6, 6.07) is 17.6. The Bertz CT molecular complexity index is 632. The van der Waals surface area contributed by atoms with Gasteiger partial charge in [0.25, 0.3) is 0 Å². The highest BCUT2D eigenvalue weighted by atomic mass is 127. The predicted molar refractivity (Wildman–Crippen MR) is 111 cm³/mol. The van der Waals surface area contributed by atoms with Crippen LogP contribution in [0, 0.1) is 0 Å². The second-order valence-electron chi connectivity index (χ2n) is 5.56. The fourth-order valence-corrected chi connectivity index (χ4v) is 2.32. The van der Waals surface area contributed by atoms with E-state index in [1.165, 1.54) is 5.56 Å². The lowest BCUT2D eigenvalue weighted by molar-refractivity contribution is 0.474. The summed E-state index contributed by atoms with van der Waals surface area (Å²) in [7, 11) is 0. The molecule has 0 saturated heterocycles. The van der Waals surface area contributed by atoms with Gasteiger partial charge in [-0.2, -0.15) is 0 Å². The van der Waals surface area contributed by atoms with Gasteiger partial charge in [0.1, 0.15) is 5.75 Å². The van der Waals surface area contributed by atoms with Crippen LogP contribution >= 0.6 is 24.0 Å². The van der Waals surface area contributed by atoms with Gasteiger partial charge < -0.3 is 15.7 Å². The van der Waals surface area contributed by atoms with E-state index in [0.29, 0.717) is 12.5 Å². The molecule has 0 aliphatic heterocycles. The molecule has 2 aromatic rings. The van der Waals surface area contributed by atoms with Crippen molar-refractivity contribution in [2.75, 3.05) is 13.1 Å². The highest BCUT2D eigenvalue weighted by Crippen LogP contribution is 2.13. The summed E-state index contributed by atoms with van der Waals surface area (Å²) in [6.07, 6.45) is 0. The van der Waals surface area contributed by atoms with Crippen molar-refractivity contribution >= 4 is 29.9 Å². The van der Waals surface area contributed by atoms with Crippen LogP contribution in [-0.4, -0.2) is 24.2 Å². The lowest BCUT2D eigenvalue weighted by Gasteiger charge is -2.16. The van der Waals surface area contributed by atoms with Gasteiger partial charge in [0.2, 0.25) is 0 Å². The van der Waals surface area contributed by atoms with E-state index in [2.05, 4.69) is 46.8 Å². The van der Waals surface area contributed by atoms with E-state index < -0.39 is 0 Å². The molecule has 0 bridgehead atoms. The molecule has 0 amide bonds. The number of rotatable bonds is 6. The van der Waals surface area contributed by atoms with Gasteiger partial charge in [0.15, 0.2) is 5.96 Å². The Morgan fingerprint density at radius 3 is 2.50 bits per heavy atom. The van der Waals surface area contributed by atoms with Gasteiger partial charge in [0, 0.05) is 13.1 Å². The molecule has 130 valence electrons. The third kappa shape index (κ3) is 6.78. The van der Waals surface area contributed by atoms with E-state index in [4.69, 9.17) is 0 Å². The van der Waals surface area contributed by atoms with E-state index in [0.717, 1.165) is 24.6 Å². The minimum atomic E-state index is 0. The van der Waals surface area contributed by atoms with Crippen molar-refractivity contribution < 1.29 is 5.11 Å². The number of hydrogen-bond acceptors (Lipinski definition) is 2. The van der Waals surface area contributed by atoms with Crippen molar-refractivity contribution in [3.05, 3.63) is 65.7 Å². The average molecular weight is 439 g/mol. The number of nitrogens with one attached hydrogen (secondary N) is 2. The first kappa shape index (κ1) is 20.3. The molecule has 0 saturated carbocycles. The number of phenolic OH excluding ortho intramolecular Hbond substituents is 1. The molecule has 0 fully saturated rings. The lowest BCUT2D eigenvalue weighted by Crippen LogP contribution is -2.39. The minimum Gasteiger partial charge on any atom is -0.508 e. The first-order chi connectivity index (χ1) is 11.2. The number of hydrogen-bond donors (Lipinski definition) is 3. The number of aliphatic imine (C=N–C) groups is 1.